The molecule has 0 radical (unpaired) electrons. The van der Waals surface area contributed by atoms with E-state index in [1.54, 1.807) is 38.1 Å². The van der Waals surface area contributed by atoms with Crippen LogP contribution in [0.2, 0.25) is 0 Å². The van der Waals surface area contributed by atoms with E-state index in [9.17, 15) is 13.2 Å². The minimum atomic E-state index is -4.12. The lowest BCUT2D eigenvalue weighted by molar-refractivity contribution is 0.0553. The smallest absolute Gasteiger partial charge is 0.343 e. The molecule has 6 nitrogen and oxygen atoms in total. The van der Waals surface area contributed by atoms with Crippen LogP contribution >= 0.6 is 0 Å². The fourth-order valence-electron chi connectivity index (χ4n) is 2.02. The Bertz CT molecular complexity index is 913. The molecule has 0 unspecified atom stereocenters. The van der Waals surface area contributed by atoms with E-state index in [0.717, 1.165) is 5.56 Å². The average Bonchev–Trinajstić information content (AvgIpc) is 2.55. The summed E-state index contributed by atoms with van der Waals surface area (Å²) in [6, 6.07) is 12.4. The zero-order valence-electron chi connectivity index (χ0n) is 13.1. The predicted octanol–water partition coefficient (Wildman–Crippen LogP) is 2.75. The van der Waals surface area contributed by atoms with Crippen LogP contribution in [-0.2, 0) is 14.9 Å². The SMILES string of the molecule is Cc1ccc(C)c(S(=O)(=O)Oc2ccccc2C(=O)OCC#N)c1. The number of rotatable bonds is 5. The van der Waals surface area contributed by atoms with Crippen molar-refractivity contribution in [3.8, 4) is 11.8 Å². The molecule has 0 aromatic heterocycles. The lowest BCUT2D eigenvalue weighted by Crippen LogP contribution is -2.15. The largest absolute Gasteiger partial charge is 0.447 e. The van der Waals surface area contributed by atoms with Crippen LogP contribution in [0.15, 0.2) is 47.4 Å². The normalized spacial score (nSPS) is 10.7. The van der Waals surface area contributed by atoms with Gasteiger partial charge < -0.3 is 8.92 Å². The Morgan fingerprint density at radius 3 is 2.58 bits per heavy atom. The van der Waals surface area contributed by atoms with E-state index < -0.39 is 22.7 Å². The Hall–Kier alpha value is -2.85. The van der Waals surface area contributed by atoms with Crippen molar-refractivity contribution in [1.82, 2.24) is 0 Å². The highest BCUT2D eigenvalue weighted by Gasteiger charge is 2.23. The highest BCUT2D eigenvalue weighted by molar-refractivity contribution is 7.87. The molecule has 0 saturated carbocycles. The molecule has 0 N–H and O–H groups in total. The molecular formula is C17H15NO5S. The summed E-state index contributed by atoms with van der Waals surface area (Å²) in [4.78, 5) is 11.9. The molecule has 0 aliphatic heterocycles. The van der Waals surface area contributed by atoms with Gasteiger partial charge in [-0.2, -0.15) is 13.7 Å². The van der Waals surface area contributed by atoms with E-state index in [0.29, 0.717) is 5.56 Å². The molecule has 124 valence electrons. The van der Waals surface area contributed by atoms with Crippen LogP contribution in [0.1, 0.15) is 21.5 Å². The Morgan fingerprint density at radius 2 is 1.88 bits per heavy atom. The number of para-hydroxylation sites is 1. The third kappa shape index (κ3) is 3.91. The topological polar surface area (TPSA) is 93.5 Å². The molecule has 0 spiro atoms. The van der Waals surface area contributed by atoms with E-state index in [2.05, 4.69) is 0 Å². The maximum Gasteiger partial charge on any atom is 0.343 e. The van der Waals surface area contributed by atoms with Gasteiger partial charge in [-0.3, -0.25) is 0 Å². The number of aryl methyl sites for hydroxylation is 2. The summed E-state index contributed by atoms with van der Waals surface area (Å²) in [5.74, 6) is -0.982. The number of hydrogen-bond donors (Lipinski definition) is 0. The van der Waals surface area contributed by atoms with Crippen LogP contribution in [0, 0.1) is 25.2 Å². The van der Waals surface area contributed by atoms with Crippen molar-refractivity contribution in [2.45, 2.75) is 18.7 Å². The van der Waals surface area contributed by atoms with E-state index >= 15 is 0 Å². The number of carbonyl (C=O) groups is 1. The number of nitrogens with zero attached hydrogens (tertiary/aromatic N) is 1. The van der Waals surface area contributed by atoms with Gasteiger partial charge in [0.2, 0.25) is 0 Å². The fraction of sp³-hybridized carbons (Fsp3) is 0.176. The molecule has 2 aromatic carbocycles. The highest BCUT2D eigenvalue weighted by atomic mass is 32.2. The van der Waals surface area contributed by atoms with Gasteiger partial charge in [-0.05, 0) is 43.2 Å². The van der Waals surface area contributed by atoms with Crippen molar-refractivity contribution in [2.24, 2.45) is 0 Å². The standard InChI is InChI=1S/C17H15NO5S/c1-12-7-8-13(2)16(11-12)24(20,21)23-15-6-4-3-5-14(15)17(19)22-10-9-18/h3-8,11H,10H2,1-2H3. The monoisotopic (exact) mass is 345 g/mol. The van der Waals surface area contributed by atoms with Gasteiger partial charge in [0.25, 0.3) is 0 Å². The van der Waals surface area contributed by atoms with Crippen LogP contribution in [0.5, 0.6) is 5.75 Å². The highest BCUT2D eigenvalue weighted by Crippen LogP contribution is 2.25. The molecule has 0 aliphatic rings. The third-order valence-corrected chi connectivity index (χ3v) is 4.56. The second-order valence-corrected chi connectivity index (χ2v) is 6.55. The lowest BCUT2D eigenvalue weighted by atomic mass is 10.2. The number of nitriles is 1. The minimum absolute atomic E-state index is 0.0303. The van der Waals surface area contributed by atoms with Gasteiger partial charge in [0.05, 0.1) is 0 Å². The van der Waals surface area contributed by atoms with Crippen molar-refractivity contribution in [2.75, 3.05) is 6.61 Å². The molecule has 7 heteroatoms. The third-order valence-electron chi connectivity index (χ3n) is 3.19. The van der Waals surface area contributed by atoms with Gasteiger partial charge >= 0.3 is 16.1 Å². The quantitative estimate of drug-likeness (QED) is 0.611. The summed E-state index contributed by atoms with van der Waals surface area (Å²) in [7, 11) is -4.12. The minimum Gasteiger partial charge on any atom is -0.447 e. The summed E-state index contributed by atoms with van der Waals surface area (Å²) in [5.41, 5.74) is 1.23. The van der Waals surface area contributed by atoms with Gasteiger partial charge in [0.15, 0.2) is 12.4 Å². The first-order valence-corrected chi connectivity index (χ1v) is 8.41. The molecule has 2 aromatic rings. The van der Waals surface area contributed by atoms with E-state index in [1.807, 2.05) is 0 Å². The van der Waals surface area contributed by atoms with Crippen LogP contribution in [0.25, 0.3) is 0 Å². The first kappa shape index (κ1) is 17.5. The second-order valence-electron chi connectivity index (χ2n) is 5.04. The molecule has 0 atom stereocenters. The van der Waals surface area contributed by atoms with Crippen LogP contribution < -0.4 is 4.18 Å². The van der Waals surface area contributed by atoms with Crippen LogP contribution in [-0.4, -0.2) is 21.0 Å². The predicted molar refractivity (Wildman–Crippen MR) is 86.1 cm³/mol. The zero-order valence-corrected chi connectivity index (χ0v) is 14.0. The first-order valence-electron chi connectivity index (χ1n) is 7.00. The number of benzene rings is 2. The Kier molecular flexibility index (Phi) is 5.21. The van der Waals surface area contributed by atoms with Gasteiger partial charge in [-0.1, -0.05) is 24.3 Å². The molecule has 0 amide bonds. The molecule has 0 saturated heterocycles. The van der Waals surface area contributed by atoms with Gasteiger partial charge in [-0.15, -0.1) is 0 Å². The number of hydrogen-bond acceptors (Lipinski definition) is 6. The molecule has 0 heterocycles. The van der Waals surface area contributed by atoms with Gasteiger partial charge in [-0.25, -0.2) is 4.79 Å². The molecule has 0 bridgehead atoms. The van der Waals surface area contributed by atoms with E-state index in [4.69, 9.17) is 14.2 Å². The number of ether oxygens (including phenoxy) is 1. The summed E-state index contributed by atoms with van der Waals surface area (Å²) in [6.45, 7) is 2.99. The summed E-state index contributed by atoms with van der Waals surface area (Å²) < 4.78 is 34.9. The molecule has 2 rings (SSSR count). The average molecular weight is 345 g/mol. The lowest BCUT2D eigenvalue weighted by Gasteiger charge is -2.12. The zero-order chi connectivity index (χ0) is 17.7. The van der Waals surface area contributed by atoms with Crippen molar-refractivity contribution >= 4 is 16.1 Å². The second kappa shape index (κ2) is 7.15. The van der Waals surface area contributed by atoms with E-state index in [1.165, 1.54) is 24.3 Å². The van der Waals surface area contributed by atoms with Crippen LogP contribution in [0.4, 0.5) is 0 Å². The summed E-state index contributed by atoms with van der Waals surface area (Å²) in [6.07, 6.45) is 0. The first-order chi connectivity index (χ1) is 11.3. The van der Waals surface area contributed by atoms with Crippen molar-refractivity contribution in [3.05, 3.63) is 59.2 Å². The summed E-state index contributed by atoms with van der Waals surface area (Å²) in [5, 5.41) is 8.47. The fourth-order valence-corrected chi connectivity index (χ4v) is 3.29. The molecular weight excluding hydrogens is 330 g/mol. The Morgan fingerprint density at radius 1 is 1.17 bits per heavy atom. The van der Waals surface area contributed by atoms with Gasteiger partial charge in [0.1, 0.15) is 16.5 Å². The number of esters is 1. The van der Waals surface area contributed by atoms with Crippen molar-refractivity contribution in [1.29, 1.82) is 5.26 Å². The van der Waals surface area contributed by atoms with Crippen molar-refractivity contribution < 1.29 is 22.1 Å². The molecule has 0 fully saturated rings. The summed E-state index contributed by atoms with van der Waals surface area (Å²) >= 11 is 0. The maximum atomic E-state index is 12.5. The van der Waals surface area contributed by atoms with E-state index in [-0.39, 0.29) is 16.2 Å². The van der Waals surface area contributed by atoms with Gasteiger partial charge in [0, 0.05) is 0 Å². The Labute approximate surface area is 140 Å². The molecule has 0 aliphatic carbocycles. The van der Waals surface area contributed by atoms with Crippen LogP contribution in [0.3, 0.4) is 0 Å². The maximum absolute atomic E-state index is 12.5. The Balaban J connectivity index is 2.39. The number of carbonyl (C=O) groups excluding carboxylic acids is 1. The molecule has 24 heavy (non-hydrogen) atoms. The van der Waals surface area contributed by atoms with Crippen molar-refractivity contribution in [3.63, 3.8) is 0 Å².